The van der Waals surface area contributed by atoms with E-state index >= 15 is 0 Å². The smallest absolute Gasteiger partial charge is 0.193 e. The molecule has 1 atom stereocenters. The Morgan fingerprint density at radius 1 is 1.47 bits per heavy atom. The van der Waals surface area contributed by atoms with Crippen molar-refractivity contribution in [2.75, 3.05) is 39.9 Å². The summed E-state index contributed by atoms with van der Waals surface area (Å²) in [7, 11) is 2.13. The van der Waals surface area contributed by atoms with Crippen molar-refractivity contribution >= 4 is 5.96 Å². The highest BCUT2D eigenvalue weighted by atomic mass is 16.5. The maximum atomic E-state index is 5.45. The zero-order valence-electron chi connectivity index (χ0n) is 10.7. The fourth-order valence-corrected chi connectivity index (χ4v) is 3.24. The van der Waals surface area contributed by atoms with E-state index in [1.807, 2.05) is 0 Å². The van der Waals surface area contributed by atoms with Crippen LogP contribution in [-0.4, -0.2) is 50.8 Å². The van der Waals surface area contributed by atoms with Crippen molar-refractivity contribution in [2.45, 2.75) is 25.7 Å². The molecule has 1 N–H and O–H groups in total. The highest BCUT2D eigenvalue weighted by Crippen LogP contribution is 2.58. The van der Waals surface area contributed by atoms with Crippen LogP contribution in [0.1, 0.15) is 25.7 Å². The van der Waals surface area contributed by atoms with Gasteiger partial charge in [0.25, 0.3) is 0 Å². The van der Waals surface area contributed by atoms with E-state index in [4.69, 9.17) is 4.74 Å². The predicted molar refractivity (Wildman–Crippen MR) is 68.1 cm³/mol. The van der Waals surface area contributed by atoms with Gasteiger partial charge in [-0.05, 0) is 37.0 Å². The molecule has 1 spiro atoms. The average molecular weight is 237 g/mol. The van der Waals surface area contributed by atoms with Gasteiger partial charge in [0.05, 0.1) is 0 Å². The van der Waals surface area contributed by atoms with Crippen LogP contribution in [0.3, 0.4) is 0 Å². The average Bonchev–Trinajstić information content (AvgIpc) is 3.02. The number of hydrogen-bond acceptors (Lipinski definition) is 4. The van der Waals surface area contributed by atoms with Gasteiger partial charge in [-0.3, -0.25) is 4.99 Å². The van der Waals surface area contributed by atoms with Gasteiger partial charge in [0, 0.05) is 39.9 Å². The van der Waals surface area contributed by atoms with E-state index < -0.39 is 0 Å². The summed E-state index contributed by atoms with van der Waals surface area (Å²) >= 11 is 0. The van der Waals surface area contributed by atoms with E-state index in [0.29, 0.717) is 5.41 Å². The molecule has 0 aromatic heterocycles. The highest BCUT2D eigenvalue weighted by molar-refractivity contribution is 5.80. The molecular weight excluding hydrogens is 214 g/mol. The second-order valence-electron chi connectivity index (χ2n) is 5.74. The van der Waals surface area contributed by atoms with Crippen molar-refractivity contribution in [3.05, 3.63) is 0 Å². The summed E-state index contributed by atoms with van der Waals surface area (Å²) in [6.45, 7) is 5.16. The maximum absolute atomic E-state index is 5.45. The lowest BCUT2D eigenvalue weighted by Gasteiger charge is -2.27. The van der Waals surface area contributed by atoms with Crippen LogP contribution in [-0.2, 0) is 4.74 Å². The molecule has 0 aromatic rings. The molecule has 2 heterocycles. The van der Waals surface area contributed by atoms with E-state index in [2.05, 4.69) is 22.3 Å². The van der Waals surface area contributed by atoms with Crippen LogP contribution in [0.2, 0.25) is 0 Å². The molecule has 4 nitrogen and oxygen atoms in total. The first-order valence-corrected chi connectivity index (χ1v) is 6.87. The third-order valence-electron chi connectivity index (χ3n) is 4.63. The molecule has 0 amide bonds. The number of aliphatic imine (C=N–C) groups is 1. The fourth-order valence-electron chi connectivity index (χ4n) is 3.24. The molecule has 1 aliphatic carbocycles. The van der Waals surface area contributed by atoms with Gasteiger partial charge >= 0.3 is 0 Å². The lowest BCUT2D eigenvalue weighted by atomic mass is 9.94. The van der Waals surface area contributed by atoms with Crippen molar-refractivity contribution in [3.63, 3.8) is 0 Å². The van der Waals surface area contributed by atoms with E-state index in [0.717, 1.165) is 44.7 Å². The Morgan fingerprint density at radius 2 is 2.29 bits per heavy atom. The Balaban J connectivity index is 1.48. The Kier molecular flexibility index (Phi) is 2.99. The molecule has 1 unspecified atom stereocenters. The van der Waals surface area contributed by atoms with Gasteiger partial charge in [-0.1, -0.05) is 0 Å². The Bertz CT molecular complexity index is 310. The molecule has 1 saturated heterocycles. The van der Waals surface area contributed by atoms with E-state index in [1.54, 1.807) is 0 Å². The minimum Gasteiger partial charge on any atom is -0.381 e. The quantitative estimate of drug-likeness (QED) is 0.781. The zero-order valence-corrected chi connectivity index (χ0v) is 10.7. The summed E-state index contributed by atoms with van der Waals surface area (Å²) in [5.41, 5.74) is 0.624. The van der Waals surface area contributed by atoms with Gasteiger partial charge in [-0.15, -0.1) is 0 Å². The number of nitrogens with zero attached hydrogens (tertiary/aromatic N) is 2. The maximum Gasteiger partial charge on any atom is 0.193 e. The molecule has 0 aromatic carbocycles. The number of hydrogen-bond donors (Lipinski definition) is 1. The van der Waals surface area contributed by atoms with Crippen LogP contribution in [0, 0.1) is 11.3 Å². The minimum atomic E-state index is 0.624. The molecule has 3 rings (SSSR count). The van der Waals surface area contributed by atoms with E-state index in [-0.39, 0.29) is 0 Å². The van der Waals surface area contributed by atoms with Crippen LogP contribution >= 0.6 is 0 Å². The zero-order chi connectivity index (χ0) is 11.7. The predicted octanol–water partition coefficient (Wildman–Crippen LogP) is 1.08. The molecule has 3 aliphatic rings. The first-order valence-electron chi connectivity index (χ1n) is 6.87. The van der Waals surface area contributed by atoms with Crippen LogP contribution in [0.25, 0.3) is 0 Å². The van der Waals surface area contributed by atoms with Gasteiger partial charge in [-0.2, -0.15) is 0 Å². The second-order valence-corrected chi connectivity index (χ2v) is 5.74. The minimum absolute atomic E-state index is 0.624. The number of rotatable bonds is 2. The molecule has 0 bridgehead atoms. The lowest BCUT2D eigenvalue weighted by molar-refractivity contribution is 0.0522. The number of nitrogens with one attached hydrogen (secondary N) is 1. The van der Waals surface area contributed by atoms with Gasteiger partial charge in [0.15, 0.2) is 5.96 Å². The van der Waals surface area contributed by atoms with Gasteiger partial charge in [-0.25, -0.2) is 0 Å². The highest BCUT2D eigenvalue weighted by Gasteiger charge is 2.53. The molecule has 96 valence electrons. The first kappa shape index (κ1) is 11.3. The Hall–Kier alpha value is -0.770. The van der Waals surface area contributed by atoms with Crippen LogP contribution < -0.4 is 5.32 Å². The molecule has 2 aliphatic heterocycles. The van der Waals surface area contributed by atoms with Crippen molar-refractivity contribution in [1.82, 2.24) is 10.2 Å². The third kappa shape index (κ3) is 2.28. The summed E-state index contributed by atoms with van der Waals surface area (Å²) in [6.07, 6.45) is 5.11. The van der Waals surface area contributed by atoms with Gasteiger partial charge in [0.2, 0.25) is 0 Å². The SMILES string of the molecule is CN1CCCN=C1NCC1CC12CCOCC2. The molecule has 4 heteroatoms. The molecule has 0 radical (unpaired) electrons. The first-order chi connectivity index (χ1) is 8.30. The van der Waals surface area contributed by atoms with Crippen LogP contribution in [0.15, 0.2) is 4.99 Å². The standard InChI is InChI=1S/C13H23N3O/c1-16-6-2-5-14-12(16)15-10-11-9-13(11)3-7-17-8-4-13/h11H,2-10H2,1H3,(H,14,15). The number of guanidine groups is 1. The van der Waals surface area contributed by atoms with Crippen LogP contribution in [0.5, 0.6) is 0 Å². The Morgan fingerprint density at radius 3 is 3.06 bits per heavy atom. The molecule has 17 heavy (non-hydrogen) atoms. The largest absolute Gasteiger partial charge is 0.381 e. The molecular formula is C13H23N3O. The van der Waals surface area contributed by atoms with Crippen LogP contribution in [0.4, 0.5) is 0 Å². The topological polar surface area (TPSA) is 36.9 Å². The number of ether oxygens (including phenoxy) is 1. The van der Waals surface area contributed by atoms with Gasteiger partial charge < -0.3 is 15.0 Å². The van der Waals surface area contributed by atoms with Crippen molar-refractivity contribution in [1.29, 1.82) is 0 Å². The van der Waals surface area contributed by atoms with E-state index in [1.165, 1.54) is 25.7 Å². The summed E-state index contributed by atoms with van der Waals surface area (Å²) in [5.74, 6) is 1.95. The van der Waals surface area contributed by atoms with Gasteiger partial charge in [0.1, 0.15) is 0 Å². The van der Waals surface area contributed by atoms with Crippen molar-refractivity contribution < 1.29 is 4.74 Å². The molecule has 2 fully saturated rings. The molecule has 1 saturated carbocycles. The lowest BCUT2D eigenvalue weighted by Crippen LogP contribution is -2.43. The van der Waals surface area contributed by atoms with Crippen molar-refractivity contribution in [2.24, 2.45) is 16.3 Å². The summed E-state index contributed by atoms with van der Waals surface area (Å²) in [5, 5.41) is 3.54. The normalized spacial score (nSPS) is 31.2. The fraction of sp³-hybridized carbons (Fsp3) is 0.923. The second kappa shape index (κ2) is 4.48. The monoisotopic (exact) mass is 237 g/mol. The van der Waals surface area contributed by atoms with E-state index in [9.17, 15) is 0 Å². The third-order valence-corrected chi connectivity index (χ3v) is 4.63. The van der Waals surface area contributed by atoms with Crippen molar-refractivity contribution in [3.8, 4) is 0 Å². The summed E-state index contributed by atoms with van der Waals surface area (Å²) in [4.78, 5) is 6.79. The summed E-state index contributed by atoms with van der Waals surface area (Å²) < 4.78 is 5.45. The Labute approximate surface area is 103 Å². The summed E-state index contributed by atoms with van der Waals surface area (Å²) in [6, 6.07) is 0.